The molecule has 3 atom stereocenters. The molecule has 0 spiro atoms. The molecule has 3 aromatic carbocycles. The van der Waals surface area contributed by atoms with E-state index in [1.54, 1.807) is 42.5 Å². The van der Waals surface area contributed by atoms with Crippen LogP contribution in [0.1, 0.15) is 47.2 Å². The minimum Gasteiger partial charge on any atom is -0.465 e. The molecule has 4 aromatic rings. The minimum atomic E-state index is -2.07. The maximum Gasteiger partial charge on any atom is 0.414 e. The number of nitrogens with zero attached hydrogens (tertiary/aromatic N) is 3. The fraction of sp³-hybridized carbons (Fsp3) is 0.300. The van der Waals surface area contributed by atoms with Gasteiger partial charge in [-0.05, 0) is 61.9 Å². The van der Waals surface area contributed by atoms with Crippen LogP contribution in [0.15, 0.2) is 60.7 Å². The lowest BCUT2D eigenvalue weighted by Crippen LogP contribution is -2.45. The molecule has 3 aliphatic heterocycles. The van der Waals surface area contributed by atoms with Gasteiger partial charge in [0.05, 0.1) is 21.7 Å². The van der Waals surface area contributed by atoms with E-state index in [4.69, 9.17) is 11.6 Å². The molecular weight excluding hydrogens is 549 g/mol. The smallest absolute Gasteiger partial charge is 0.414 e. The standard InChI is InChI=1S/C30H27ClFN5O4/c31-22-6-3-7-25(26(22)32)37-27(38)20-4-1-2-5-21(20)30(37,41)17-8-11-23-24(14-17)35-28(34-23)36(29(39)40)15-16-12-18-9-10-19(13-16)33-18/h1-8,11,14,16,18-19,33,41H,9-10,12-13,15H2,(H,34,35)(H,39,40). The first-order chi connectivity index (χ1) is 19.7. The van der Waals surface area contributed by atoms with Gasteiger partial charge in [0.2, 0.25) is 5.95 Å². The highest BCUT2D eigenvalue weighted by Crippen LogP contribution is 2.46. The molecule has 2 bridgehead atoms. The van der Waals surface area contributed by atoms with Crippen molar-refractivity contribution in [1.82, 2.24) is 15.3 Å². The number of nitrogens with one attached hydrogen (secondary N) is 2. The number of carboxylic acid groups (broad SMARTS) is 1. The van der Waals surface area contributed by atoms with Crippen molar-refractivity contribution in [1.29, 1.82) is 0 Å². The number of H-pyrrole nitrogens is 1. The number of halogens is 2. The van der Waals surface area contributed by atoms with Crippen LogP contribution in [0.25, 0.3) is 11.0 Å². The van der Waals surface area contributed by atoms with E-state index >= 15 is 4.39 Å². The molecule has 3 aliphatic rings. The molecule has 9 nitrogen and oxygen atoms in total. The first-order valence-electron chi connectivity index (χ1n) is 13.6. The average Bonchev–Trinajstić information content (AvgIpc) is 3.61. The Morgan fingerprint density at radius 1 is 1.12 bits per heavy atom. The highest BCUT2D eigenvalue weighted by molar-refractivity contribution is 6.31. The average molecular weight is 576 g/mol. The van der Waals surface area contributed by atoms with E-state index in [0.29, 0.717) is 29.7 Å². The van der Waals surface area contributed by atoms with Gasteiger partial charge in [0.1, 0.15) is 0 Å². The van der Waals surface area contributed by atoms with Gasteiger partial charge in [-0.2, -0.15) is 0 Å². The largest absolute Gasteiger partial charge is 0.465 e. The van der Waals surface area contributed by atoms with E-state index in [2.05, 4.69) is 15.3 Å². The molecule has 41 heavy (non-hydrogen) atoms. The Morgan fingerprint density at radius 2 is 1.88 bits per heavy atom. The van der Waals surface area contributed by atoms with Crippen molar-refractivity contribution in [2.24, 2.45) is 5.92 Å². The van der Waals surface area contributed by atoms with Crippen molar-refractivity contribution in [2.45, 2.75) is 43.5 Å². The number of carbonyl (C=O) groups is 2. The number of rotatable bonds is 5. The van der Waals surface area contributed by atoms with E-state index in [-0.39, 0.29) is 39.3 Å². The van der Waals surface area contributed by atoms with Gasteiger partial charge < -0.3 is 20.5 Å². The van der Waals surface area contributed by atoms with Gasteiger partial charge in [-0.1, -0.05) is 41.9 Å². The summed E-state index contributed by atoms with van der Waals surface area (Å²) >= 11 is 6.05. The summed E-state index contributed by atoms with van der Waals surface area (Å²) < 4.78 is 15.3. The van der Waals surface area contributed by atoms with Gasteiger partial charge >= 0.3 is 6.09 Å². The highest BCUT2D eigenvalue weighted by atomic mass is 35.5. The summed E-state index contributed by atoms with van der Waals surface area (Å²) in [5, 5.41) is 25.8. The van der Waals surface area contributed by atoms with E-state index < -0.39 is 23.5 Å². The zero-order valence-corrected chi connectivity index (χ0v) is 22.6. The quantitative estimate of drug-likeness (QED) is 0.259. The van der Waals surface area contributed by atoms with Gasteiger partial charge in [-0.25, -0.2) is 19.1 Å². The number of benzene rings is 3. The summed E-state index contributed by atoms with van der Waals surface area (Å²) in [5.41, 5.74) is -0.495. The third-order valence-corrected chi connectivity index (χ3v) is 8.89. The number of carbonyl (C=O) groups excluding carboxylic acids is 1. The molecule has 1 aromatic heterocycles. The molecule has 2 saturated heterocycles. The topological polar surface area (TPSA) is 122 Å². The number of imidazole rings is 1. The van der Waals surface area contributed by atoms with Gasteiger partial charge in [0.25, 0.3) is 5.91 Å². The summed E-state index contributed by atoms with van der Waals surface area (Å²) in [4.78, 5) is 35.8. The number of aromatic amines is 1. The summed E-state index contributed by atoms with van der Waals surface area (Å²) in [6, 6.07) is 16.6. The van der Waals surface area contributed by atoms with E-state index in [1.165, 1.54) is 23.1 Å². The lowest BCUT2D eigenvalue weighted by Gasteiger charge is -2.35. The number of piperidine rings is 1. The number of aliphatic hydroxyl groups is 1. The Morgan fingerprint density at radius 3 is 2.63 bits per heavy atom. The predicted octanol–water partition coefficient (Wildman–Crippen LogP) is 5.22. The summed E-state index contributed by atoms with van der Waals surface area (Å²) in [6.07, 6.45) is 2.97. The van der Waals surface area contributed by atoms with Crippen molar-refractivity contribution in [3.63, 3.8) is 0 Å². The van der Waals surface area contributed by atoms with Crippen LogP contribution in [0.5, 0.6) is 0 Å². The molecule has 3 unspecified atom stereocenters. The molecule has 4 N–H and O–H groups in total. The Kier molecular flexibility index (Phi) is 6.04. The molecule has 0 saturated carbocycles. The number of hydrogen-bond donors (Lipinski definition) is 4. The van der Waals surface area contributed by atoms with Gasteiger partial charge in [-0.15, -0.1) is 0 Å². The molecule has 7 rings (SSSR count). The lowest BCUT2D eigenvalue weighted by molar-refractivity contribution is 0.0699. The Hall–Kier alpha value is -3.99. The zero-order valence-electron chi connectivity index (χ0n) is 21.8. The van der Waals surface area contributed by atoms with Crippen molar-refractivity contribution < 1.29 is 24.2 Å². The maximum atomic E-state index is 15.3. The number of hydrogen-bond acceptors (Lipinski definition) is 5. The molecule has 4 heterocycles. The van der Waals surface area contributed by atoms with Crippen LogP contribution in [-0.2, 0) is 5.72 Å². The second-order valence-electron chi connectivity index (χ2n) is 11.1. The molecule has 11 heteroatoms. The number of fused-ring (bicyclic) bond motifs is 4. The first-order valence-corrected chi connectivity index (χ1v) is 14.0. The van der Waals surface area contributed by atoms with Crippen LogP contribution in [0.4, 0.5) is 20.8 Å². The number of anilines is 2. The second-order valence-corrected chi connectivity index (χ2v) is 11.5. The normalized spacial score (nSPS) is 25.1. The van der Waals surface area contributed by atoms with Crippen molar-refractivity contribution in [2.75, 3.05) is 16.3 Å². The molecule has 2 fully saturated rings. The molecule has 210 valence electrons. The van der Waals surface area contributed by atoms with Crippen molar-refractivity contribution >= 4 is 46.3 Å². The third-order valence-electron chi connectivity index (χ3n) is 8.60. The van der Waals surface area contributed by atoms with E-state index in [1.807, 2.05) is 0 Å². The van der Waals surface area contributed by atoms with Crippen LogP contribution in [0.3, 0.4) is 0 Å². The van der Waals surface area contributed by atoms with Crippen LogP contribution >= 0.6 is 11.6 Å². The Labute approximate surface area is 239 Å². The van der Waals surface area contributed by atoms with E-state index in [0.717, 1.165) is 30.6 Å². The van der Waals surface area contributed by atoms with Gasteiger partial charge in [-0.3, -0.25) is 9.69 Å². The zero-order chi connectivity index (χ0) is 28.5. The van der Waals surface area contributed by atoms with Gasteiger partial charge in [0, 0.05) is 35.3 Å². The maximum absolute atomic E-state index is 15.3. The van der Waals surface area contributed by atoms with Crippen molar-refractivity contribution in [3.8, 4) is 0 Å². The summed E-state index contributed by atoms with van der Waals surface area (Å²) in [5.74, 6) is -1.01. The van der Waals surface area contributed by atoms with Crippen LogP contribution in [0.2, 0.25) is 5.02 Å². The molecular formula is C30H27ClFN5O4. The molecule has 0 aliphatic carbocycles. The second kappa shape index (κ2) is 9.54. The first kappa shape index (κ1) is 25.9. The molecule has 0 radical (unpaired) electrons. The third kappa shape index (κ3) is 4.08. The van der Waals surface area contributed by atoms with E-state index in [9.17, 15) is 19.8 Å². The Bertz CT molecular complexity index is 1700. The van der Waals surface area contributed by atoms with Crippen molar-refractivity contribution in [3.05, 3.63) is 88.2 Å². The minimum absolute atomic E-state index is 0.167. The van der Waals surface area contributed by atoms with Crippen LogP contribution in [0, 0.1) is 11.7 Å². The van der Waals surface area contributed by atoms with Crippen LogP contribution in [-0.4, -0.2) is 50.8 Å². The fourth-order valence-corrected chi connectivity index (χ4v) is 6.94. The Balaban J connectivity index is 1.29. The molecule has 2 amide bonds. The summed E-state index contributed by atoms with van der Waals surface area (Å²) in [7, 11) is 0. The highest BCUT2D eigenvalue weighted by Gasteiger charge is 2.51. The number of amides is 2. The fourth-order valence-electron chi connectivity index (χ4n) is 6.77. The predicted molar refractivity (Wildman–Crippen MR) is 152 cm³/mol. The SMILES string of the molecule is O=C(O)N(CC1CC2CCC(C1)N2)c1nc2ccc(C3(O)c4ccccc4C(=O)N3c3cccc(Cl)c3F)cc2[nH]1. The van der Waals surface area contributed by atoms with Crippen LogP contribution < -0.4 is 15.1 Å². The number of aromatic nitrogens is 2. The summed E-state index contributed by atoms with van der Waals surface area (Å²) in [6.45, 7) is 0.324. The van der Waals surface area contributed by atoms with Gasteiger partial charge in [0.15, 0.2) is 11.5 Å². The lowest BCUT2D eigenvalue weighted by atomic mass is 9.92. The monoisotopic (exact) mass is 575 g/mol.